The lowest BCUT2D eigenvalue weighted by molar-refractivity contribution is 0.181. The molecule has 0 bridgehead atoms. The van der Waals surface area contributed by atoms with Crippen molar-refractivity contribution in [3.8, 4) is 0 Å². The van der Waals surface area contributed by atoms with Crippen molar-refractivity contribution in [3.63, 3.8) is 0 Å². The Hall–Kier alpha value is -0.980. The van der Waals surface area contributed by atoms with E-state index in [1.54, 1.807) is 10.5 Å². The molecular formula is C16H25N3O2S. The predicted molar refractivity (Wildman–Crippen MR) is 86.8 cm³/mol. The second-order valence-corrected chi connectivity index (χ2v) is 8.53. The minimum Gasteiger partial charge on any atom is -0.296 e. The first-order valence-electron chi connectivity index (χ1n) is 8.22. The summed E-state index contributed by atoms with van der Waals surface area (Å²) < 4.78 is 26.5. The van der Waals surface area contributed by atoms with Crippen molar-refractivity contribution in [1.82, 2.24) is 14.2 Å². The summed E-state index contributed by atoms with van der Waals surface area (Å²) >= 11 is 0. The summed E-state index contributed by atoms with van der Waals surface area (Å²) in [7, 11) is -3.06. The number of pyridine rings is 1. The molecule has 1 saturated carbocycles. The number of nitrogens with zero attached hydrogens (tertiary/aromatic N) is 3. The summed E-state index contributed by atoms with van der Waals surface area (Å²) in [6.45, 7) is 3.69. The van der Waals surface area contributed by atoms with Gasteiger partial charge in [-0.1, -0.05) is 25.3 Å². The van der Waals surface area contributed by atoms with Crippen LogP contribution in [0.15, 0.2) is 24.5 Å². The Kier molecular flexibility index (Phi) is 5.10. The highest BCUT2D eigenvalue weighted by atomic mass is 32.2. The first-order chi connectivity index (χ1) is 10.6. The van der Waals surface area contributed by atoms with E-state index >= 15 is 0 Å². The van der Waals surface area contributed by atoms with Gasteiger partial charge in [0, 0.05) is 45.1 Å². The van der Waals surface area contributed by atoms with Crippen LogP contribution in [0.4, 0.5) is 0 Å². The fourth-order valence-corrected chi connectivity index (χ4v) is 4.75. The highest BCUT2D eigenvalue weighted by Gasteiger charge is 2.28. The van der Waals surface area contributed by atoms with Gasteiger partial charge in [-0.3, -0.25) is 9.88 Å². The van der Waals surface area contributed by atoms with Gasteiger partial charge < -0.3 is 0 Å². The van der Waals surface area contributed by atoms with Gasteiger partial charge in [0.2, 0.25) is 10.0 Å². The summed E-state index contributed by atoms with van der Waals surface area (Å²) in [6, 6.07) is 4.01. The van der Waals surface area contributed by atoms with Crippen LogP contribution in [0.2, 0.25) is 0 Å². The van der Waals surface area contributed by atoms with Crippen molar-refractivity contribution in [2.45, 2.75) is 32.2 Å². The monoisotopic (exact) mass is 323 g/mol. The zero-order valence-electron chi connectivity index (χ0n) is 13.0. The molecular weight excluding hydrogens is 298 g/mol. The van der Waals surface area contributed by atoms with Gasteiger partial charge in [-0.25, -0.2) is 8.42 Å². The highest BCUT2D eigenvalue weighted by Crippen LogP contribution is 2.30. The second-order valence-electron chi connectivity index (χ2n) is 6.44. The van der Waals surface area contributed by atoms with Gasteiger partial charge in [0.25, 0.3) is 0 Å². The van der Waals surface area contributed by atoms with Gasteiger partial charge in [0.15, 0.2) is 0 Å². The predicted octanol–water partition coefficient (Wildman–Crippen LogP) is 1.72. The fraction of sp³-hybridized carbons (Fsp3) is 0.688. The molecule has 0 amide bonds. The fourth-order valence-electron chi connectivity index (χ4n) is 3.14. The molecule has 0 aromatic carbocycles. The Balaban J connectivity index is 1.46. The van der Waals surface area contributed by atoms with Crippen LogP contribution < -0.4 is 0 Å². The minimum absolute atomic E-state index is 0.334. The molecule has 1 aromatic rings. The molecule has 3 rings (SSSR count). The van der Waals surface area contributed by atoms with Crippen LogP contribution in [0.25, 0.3) is 0 Å². The van der Waals surface area contributed by atoms with Crippen molar-refractivity contribution in [2.75, 3.05) is 31.9 Å². The Labute approximate surface area is 133 Å². The molecule has 0 N–H and O–H groups in total. The van der Waals surface area contributed by atoms with Gasteiger partial charge in [-0.2, -0.15) is 4.31 Å². The lowest BCUT2D eigenvalue weighted by atomic mass is 9.84. The van der Waals surface area contributed by atoms with E-state index in [0.717, 1.165) is 26.1 Å². The molecule has 0 spiro atoms. The van der Waals surface area contributed by atoms with Crippen molar-refractivity contribution < 1.29 is 8.42 Å². The number of rotatable bonds is 6. The summed E-state index contributed by atoms with van der Waals surface area (Å²) in [6.07, 6.45) is 8.20. The standard InChI is InChI=1S/C16H25N3O2S/c20-22(21,12-6-15-3-1-4-15)19-10-8-18(9-11-19)14-16-5-2-7-17-13-16/h2,5,7,13,15H,1,3-4,6,8-12,14H2. The topological polar surface area (TPSA) is 53.5 Å². The molecule has 1 saturated heterocycles. The SMILES string of the molecule is O=S(=O)(CCC1CCC1)N1CCN(Cc2cccnc2)CC1. The Bertz CT molecular complexity index is 564. The van der Waals surface area contributed by atoms with Crippen molar-refractivity contribution in [1.29, 1.82) is 0 Å². The normalized spacial score (nSPS) is 21.6. The molecule has 0 atom stereocenters. The maximum Gasteiger partial charge on any atom is 0.214 e. The largest absolute Gasteiger partial charge is 0.296 e. The molecule has 6 heteroatoms. The average molecular weight is 323 g/mol. The van der Waals surface area contributed by atoms with Gasteiger partial charge in [0.05, 0.1) is 5.75 Å². The van der Waals surface area contributed by atoms with Crippen LogP contribution in [0.5, 0.6) is 0 Å². The van der Waals surface area contributed by atoms with Gasteiger partial charge in [-0.05, 0) is 24.0 Å². The molecule has 2 heterocycles. The maximum absolute atomic E-state index is 12.4. The molecule has 1 aliphatic carbocycles. The van der Waals surface area contributed by atoms with Gasteiger partial charge >= 0.3 is 0 Å². The van der Waals surface area contributed by atoms with Crippen molar-refractivity contribution >= 4 is 10.0 Å². The second kappa shape index (κ2) is 7.06. The van der Waals surface area contributed by atoms with Crippen LogP contribution in [-0.4, -0.2) is 54.5 Å². The zero-order valence-corrected chi connectivity index (χ0v) is 13.8. The van der Waals surface area contributed by atoms with Crippen LogP contribution >= 0.6 is 0 Å². The van der Waals surface area contributed by atoms with Gasteiger partial charge in [-0.15, -0.1) is 0 Å². The summed E-state index contributed by atoms with van der Waals surface area (Å²) in [5.41, 5.74) is 1.18. The smallest absolute Gasteiger partial charge is 0.214 e. The first-order valence-corrected chi connectivity index (χ1v) is 9.83. The number of piperazine rings is 1. The van der Waals surface area contributed by atoms with Crippen LogP contribution in [0.3, 0.4) is 0 Å². The first kappa shape index (κ1) is 15.9. The van der Waals surface area contributed by atoms with E-state index in [1.807, 2.05) is 12.3 Å². The average Bonchev–Trinajstić information content (AvgIpc) is 2.47. The molecule has 2 aliphatic rings. The van der Waals surface area contributed by atoms with E-state index in [2.05, 4.69) is 16.0 Å². The number of hydrogen-bond acceptors (Lipinski definition) is 4. The Morgan fingerprint density at radius 3 is 2.55 bits per heavy atom. The van der Waals surface area contributed by atoms with Crippen LogP contribution in [0, 0.1) is 5.92 Å². The lowest BCUT2D eigenvalue weighted by Gasteiger charge is -2.34. The lowest BCUT2D eigenvalue weighted by Crippen LogP contribution is -2.49. The third-order valence-electron chi connectivity index (χ3n) is 4.86. The molecule has 2 fully saturated rings. The van der Waals surface area contributed by atoms with Crippen LogP contribution in [-0.2, 0) is 16.6 Å². The maximum atomic E-state index is 12.4. The summed E-state index contributed by atoms with van der Waals surface area (Å²) in [4.78, 5) is 6.43. The summed E-state index contributed by atoms with van der Waals surface area (Å²) in [5.74, 6) is 0.988. The van der Waals surface area contributed by atoms with E-state index in [0.29, 0.717) is 24.8 Å². The molecule has 22 heavy (non-hydrogen) atoms. The Morgan fingerprint density at radius 2 is 1.95 bits per heavy atom. The van der Waals surface area contributed by atoms with E-state index in [1.165, 1.54) is 24.8 Å². The molecule has 0 unspecified atom stereocenters. The third-order valence-corrected chi connectivity index (χ3v) is 6.77. The van der Waals surface area contributed by atoms with Crippen LogP contribution in [0.1, 0.15) is 31.2 Å². The van der Waals surface area contributed by atoms with Gasteiger partial charge in [0.1, 0.15) is 0 Å². The number of aromatic nitrogens is 1. The minimum atomic E-state index is -3.06. The highest BCUT2D eigenvalue weighted by molar-refractivity contribution is 7.89. The summed E-state index contributed by atoms with van der Waals surface area (Å²) in [5, 5.41) is 0. The van der Waals surface area contributed by atoms with E-state index in [4.69, 9.17) is 0 Å². The molecule has 1 aromatic heterocycles. The molecule has 5 nitrogen and oxygen atoms in total. The Morgan fingerprint density at radius 1 is 1.18 bits per heavy atom. The molecule has 122 valence electrons. The van der Waals surface area contributed by atoms with E-state index in [-0.39, 0.29) is 0 Å². The van der Waals surface area contributed by atoms with Crippen molar-refractivity contribution in [2.24, 2.45) is 5.92 Å². The quantitative estimate of drug-likeness (QED) is 0.800. The zero-order chi connectivity index (χ0) is 15.4. The molecule has 0 radical (unpaired) electrons. The van der Waals surface area contributed by atoms with E-state index in [9.17, 15) is 8.42 Å². The van der Waals surface area contributed by atoms with E-state index < -0.39 is 10.0 Å². The third kappa shape index (κ3) is 4.06. The molecule has 1 aliphatic heterocycles. The number of hydrogen-bond donors (Lipinski definition) is 0. The number of sulfonamides is 1. The van der Waals surface area contributed by atoms with Crippen molar-refractivity contribution in [3.05, 3.63) is 30.1 Å².